The largest absolute Gasteiger partial charge is 0.375 e. The predicted octanol–water partition coefficient (Wildman–Crippen LogP) is 3.54. The molecule has 0 spiro atoms. The topological polar surface area (TPSA) is 138 Å². The lowest BCUT2D eigenvalue weighted by atomic mass is 10.1. The Morgan fingerprint density at radius 3 is 2.51 bits per heavy atom. The van der Waals surface area contributed by atoms with Crippen LogP contribution >= 0.6 is 11.3 Å². The summed E-state index contributed by atoms with van der Waals surface area (Å²) in [6.07, 6.45) is 9.00. The summed E-state index contributed by atoms with van der Waals surface area (Å²) in [4.78, 5) is 13.4. The van der Waals surface area contributed by atoms with Gasteiger partial charge in [0.2, 0.25) is 16.0 Å². The van der Waals surface area contributed by atoms with Crippen LogP contribution in [-0.2, 0) is 10.0 Å². The maximum Gasteiger partial charge on any atom is 0.243 e. The minimum atomic E-state index is -3.62. The minimum absolute atomic E-state index is 0.00207. The molecule has 39 heavy (non-hydrogen) atoms. The first kappa shape index (κ1) is 27.2. The monoisotopic (exact) mass is 564 g/mol. The maximum absolute atomic E-state index is 13.5. The Morgan fingerprint density at radius 2 is 1.79 bits per heavy atom. The van der Waals surface area contributed by atoms with Crippen molar-refractivity contribution in [2.75, 3.05) is 44.3 Å². The maximum atomic E-state index is 13.5. The van der Waals surface area contributed by atoms with Gasteiger partial charge in [-0.05, 0) is 74.9 Å². The van der Waals surface area contributed by atoms with Crippen molar-refractivity contribution in [3.63, 3.8) is 0 Å². The molecule has 0 saturated carbocycles. The molecule has 4 aromatic rings. The van der Waals surface area contributed by atoms with Gasteiger partial charge in [0, 0.05) is 42.8 Å². The zero-order valence-corrected chi connectivity index (χ0v) is 23.3. The van der Waals surface area contributed by atoms with E-state index in [0.717, 1.165) is 47.3 Å². The number of rotatable bonds is 10. The molecule has 10 nitrogen and oxygen atoms in total. The van der Waals surface area contributed by atoms with E-state index >= 15 is 0 Å². The van der Waals surface area contributed by atoms with Crippen LogP contribution in [0.1, 0.15) is 24.0 Å². The van der Waals surface area contributed by atoms with Gasteiger partial charge in [-0.25, -0.2) is 23.4 Å². The Balaban J connectivity index is 1.24. The highest BCUT2D eigenvalue weighted by molar-refractivity contribution is 7.89. The van der Waals surface area contributed by atoms with Gasteiger partial charge in [-0.2, -0.15) is 4.31 Å². The molecule has 1 aliphatic heterocycles. The molecule has 5 rings (SSSR count). The summed E-state index contributed by atoms with van der Waals surface area (Å²) in [5.74, 6) is 0.426. The number of hydrogen-bond donors (Lipinski definition) is 4. The van der Waals surface area contributed by atoms with Crippen molar-refractivity contribution >= 4 is 60.5 Å². The number of nitrogens with one attached hydrogen (secondary N) is 3. The average molecular weight is 565 g/mol. The van der Waals surface area contributed by atoms with Gasteiger partial charge in [-0.1, -0.05) is 29.6 Å². The number of piperidine rings is 1. The summed E-state index contributed by atoms with van der Waals surface area (Å²) >= 11 is 1.46. The molecule has 2 aromatic heterocycles. The Morgan fingerprint density at radius 1 is 1.08 bits per heavy atom. The summed E-state index contributed by atoms with van der Waals surface area (Å²) in [5, 5.41) is 10.1. The Kier molecular flexibility index (Phi) is 8.48. The smallest absolute Gasteiger partial charge is 0.243 e. The van der Waals surface area contributed by atoms with Gasteiger partial charge in [-0.3, -0.25) is 0 Å². The van der Waals surface area contributed by atoms with Crippen LogP contribution in [-0.4, -0.2) is 66.9 Å². The van der Waals surface area contributed by atoms with Crippen molar-refractivity contribution in [3.05, 3.63) is 66.0 Å². The molecular weight excluding hydrogens is 532 g/mol. The van der Waals surface area contributed by atoms with Crippen molar-refractivity contribution in [3.8, 4) is 0 Å². The van der Waals surface area contributed by atoms with E-state index in [-0.39, 0.29) is 10.9 Å². The van der Waals surface area contributed by atoms with Gasteiger partial charge in [0.05, 0.1) is 15.1 Å². The van der Waals surface area contributed by atoms with Crippen LogP contribution in [0.25, 0.3) is 22.4 Å². The van der Waals surface area contributed by atoms with E-state index < -0.39 is 10.0 Å². The fraction of sp³-hybridized carbons (Fsp3) is 0.296. The molecular formula is C27H32N8O2S2. The zero-order chi connectivity index (χ0) is 27.2. The first-order chi connectivity index (χ1) is 18.9. The molecule has 204 valence electrons. The average Bonchev–Trinajstić information content (AvgIpc) is 3.33. The number of nitrogens with zero attached hydrogens (tertiary/aromatic N) is 4. The SMILES string of the molecule is CNCCN(C1CCNCC1)S(=O)(=O)c1ccc(Nc2ncc(/C=C/c3ccc4nc(N)sc4c3)cn2)cc1. The molecule has 0 radical (unpaired) electrons. The lowest BCUT2D eigenvalue weighted by Crippen LogP contribution is -2.48. The summed E-state index contributed by atoms with van der Waals surface area (Å²) in [6, 6.07) is 12.7. The van der Waals surface area contributed by atoms with Gasteiger partial charge in [0.15, 0.2) is 5.13 Å². The molecule has 0 amide bonds. The predicted molar refractivity (Wildman–Crippen MR) is 158 cm³/mol. The number of benzene rings is 2. The van der Waals surface area contributed by atoms with E-state index in [1.165, 1.54) is 11.3 Å². The molecule has 12 heteroatoms. The van der Waals surface area contributed by atoms with E-state index in [1.54, 1.807) is 41.0 Å². The highest BCUT2D eigenvalue weighted by atomic mass is 32.2. The number of thiazole rings is 1. The summed E-state index contributed by atoms with van der Waals surface area (Å²) in [6.45, 7) is 2.69. The number of hydrogen-bond acceptors (Lipinski definition) is 10. The number of aromatic nitrogens is 3. The Labute approximate surface area is 232 Å². The van der Waals surface area contributed by atoms with E-state index in [0.29, 0.717) is 29.9 Å². The van der Waals surface area contributed by atoms with Gasteiger partial charge < -0.3 is 21.7 Å². The normalized spacial score (nSPS) is 14.9. The lowest BCUT2D eigenvalue weighted by molar-refractivity contribution is 0.263. The van der Waals surface area contributed by atoms with Gasteiger partial charge >= 0.3 is 0 Å². The number of nitrogen functional groups attached to an aromatic ring is 1. The fourth-order valence-corrected chi connectivity index (χ4v) is 7.00. The molecule has 3 heterocycles. The molecule has 0 unspecified atom stereocenters. The van der Waals surface area contributed by atoms with Gasteiger partial charge in [0.25, 0.3) is 0 Å². The first-order valence-electron chi connectivity index (χ1n) is 12.8. The number of fused-ring (bicyclic) bond motifs is 1. The van der Waals surface area contributed by atoms with Gasteiger partial charge in [-0.15, -0.1) is 0 Å². The Hall–Kier alpha value is -3.42. The molecule has 1 fully saturated rings. The number of likely N-dealkylation sites (N-methyl/N-ethyl adjacent to an activating group) is 1. The van der Waals surface area contributed by atoms with E-state index in [4.69, 9.17) is 5.73 Å². The second kappa shape index (κ2) is 12.2. The molecule has 1 saturated heterocycles. The van der Waals surface area contributed by atoms with Crippen molar-refractivity contribution < 1.29 is 8.42 Å². The lowest BCUT2D eigenvalue weighted by Gasteiger charge is -2.33. The second-order valence-corrected chi connectivity index (χ2v) is 12.3. The van der Waals surface area contributed by atoms with E-state index in [2.05, 4.69) is 30.9 Å². The fourth-order valence-electron chi connectivity index (χ4n) is 4.53. The van der Waals surface area contributed by atoms with E-state index in [9.17, 15) is 8.42 Å². The van der Waals surface area contributed by atoms with Crippen LogP contribution in [0, 0.1) is 0 Å². The van der Waals surface area contributed by atoms with E-state index in [1.807, 2.05) is 37.4 Å². The summed E-state index contributed by atoms with van der Waals surface area (Å²) in [5.41, 5.74) is 9.28. The van der Waals surface area contributed by atoms with Crippen LogP contribution in [0.3, 0.4) is 0 Å². The highest BCUT2D eigenvalue weighted by Crippen LogP contribution is 2.26. The second-order valence-electron chi connectivity index (χ2n) is 9.30. The molecule has 5 N–H and O–H groups in total. The molecule has 0 aliphatic carbocycles. The first-order valence-corrected chi connectivity index (χ1v) is 15.1. The molecule has 1 aliphatic rings. The summed E-state index contributed by atoms with van der Waals surface area (Å²) < 4.78 is 29.7. The van der Waals surface area contributed by atoms with Crippen LogP contribution < -0.4 is 21.7 Å². The minimum Gasteiger partial charge on any atom is -0.375 e. The highest BCUT2D eigenvalue weighted by Gasteiger charge is 2.31. The van der Waals surface area contributed by atoms with Crippen molar-refractivity contribution in [2.45, 2.75) is 23.8 Å². The third kappa shape index (κ3) is 6.60. The molecule has 2 aromatic carbocycles. The third-order valence-corrected chi connectivity index (χ3v) is 9.40. The quantitative estimate of drug-likeness (QED) is 0.228. The Bertz CT molecular complexity index is 1530. The van der Waals surface area contributed by atoms with Gasteiger partial charge in [0.1, 0.15) is 0 Å². The van der Waals surface area contributed by atoms with Crippen LogP contribution in [0.2, 0.25) is 0 Å². The number of anilines is 3. The zero-order valence-electron chi connectivity index (χ0n) is 21.7. The third-order valence-electron chi connectivity index (χ3n) is 6.58. The van der Waals surface area contributed by atoms with Crippen LogP contribution in [0.5, 0.6) is 0 Å². The van der Waals surface area contributed by atoms with Crippen LogP contribution in [0.4, 0.5) is 16.8 Å². The number of nitrogens with two attached hydrogens (primary N) is 1. The van der Waals surface area contributed by atoms with Crippen LogP contribution in [0.15, 0.2) is 59.8 Å². The van der Waals surface area contributed by atoms with Crippen molar-refractivity contribution in [1.29, 1.82) is 0 Å². The summed E-state index contributed by atoms with van der Waals surface area (Å²) in [7, 11) is -1.79. The molecule has 0 atom stereocenters. The van der Waals surface area contributed by atoms with Crippen molar-refractivity contribution in [2.24, 2.45) is 0 Å². The standard InChI is InChI=1S/C27H32N8O2S2/c1-29-14-15-35(22-10-12-30-13-11-22)39(36,37)23-7-5-21(6-8-23)33-27-31-17-20(18-32-27)3-2-19-4-9-24-25(16-19)38-26(28)34-24/h2-9,16-18,22,29-30H,10-15H2,1H3,(H2,28,34)(H,31,32,33)/b3-2+. The molecule has 0 bridgehead atoms. The van der Waals surface area contributed by atoms with Crippen molar-refractivity contribution in [1.82, 2.24) is 29.9 Å². The number of sulfonamides is 1.